The van der Waals surface area contributed by atoms with Gasteiger partial charge in [0.05, 0.1) is 11.4 Å². The summed E-state index contributed by atoms with van der Waals surface area (Å²) in [5.74, 6) is 0. The van der Waals surface area contributed by atoms with E-state index in [1.165, 1.54) is 5.69 Å². The van der Waals surface area contributed by atoms with Gasteiger partial charge in [0.1, 0.15) is 0 Å². The number of azo groups is 1. The predicted octanol–water partition coefficient (Wildman–Crippen LogP) is 3.66. The van der Waals surface area contributed by atoms with Gasteiger partial charge in [0.25, 0.3) is 0 Å². The second-order valence-corrected chi connectivity index (χ2v) is 7.65. The van der Waals surface area contributed by atoms with E-state index in [0.717, 1.165) is 43.2 Å². The van der Waals surface area contributed by atoms with Crippen molar-refractivity contribution in [1.29, 1.82) is 0 Å². The van der Waals surface area contributed by atoms with Gasteiger partial charge in [0.2, 0.25) is 0 Å². The molecule has 1 radical (unpaired) electrons. The first kappa shape index (κ1) is 22.3. The maximum atomic E-state index is 5.16. The van der Waals surface area contributed by atoms with E-state index < -0.39 is 0 Å². The zero-order chi connectivity index (χ0) is 18.5. The summed E-state index contributed by atoms with van der Waals surface area (Å²) in [7, 11) is 4.04. The topological polar surface area (TPSA) is 34.4 Å². The molecule has 2 aromatic rings. The Kier molecular flexibility index (Phi) is 8.72. The molecule has 0 spiro atoms. The van der Waals surface area contributed by atoms with Gasteiger partial charge in [-0.3, -0.25) is 0 Å². The summed E-state index contributed by atoms with van der Waals surface area (Å²) >= 11 is 10.3. The van der Waals surface area contributed by atoms with E-state index in [1.807, 2.05) is 50.5 Å². The molecule has 0 bridgehead atoms. The monoisotopic (exact) mass is 582 g/mol. The summed E-state index contributed by atoms with van der Waals surface area (Å²) in [6.45, 7) is 3.73. The van der Waals surface area contributed by atoms with Crippen LogP contribution in [0.4, 0.5) is 22.7 Å². The fourth-order valence-electron chi connectivity index (χ4n) is 2.85. The summed E-state index contributed by atoms with van der Waals surface area (Å²) in [5.41, 5.74) is 4.04. The van der Waals surface area contributed by atoms with Crippen LogP contribution in [-0.4, -0.2) is 49.9 Å². The number of nitrogens with zero attached hydrogens (tertiary/aromatic N) is 5. The van der Waals surface area contributed by atoms with Gasteiger partial charge in [0, 0.05) is 74.0 Å². The average molecular weight is 583 g/mol. The second-order valence-electron chi connectivity index (χ2n) is 6.46. The van der Waals surface area contributed by atoms with Gasteiger partial charge in [-0.1, -0.05) is 0 Å². The van der Waals surface area contributed by atoms with Gasteiger partial charge in [-0.2, -0.15) is 10.2 Å². The van der Waals surface area contributed by atoms with Crippen LogP contribution in [0.5, 0.6) is 0 Å². The second kappa shape index (κ2) is 10.5. The number of rotatable bonds is 5. The van der Waals surface area contributed by atoms with E-state index >= 15 is 0 Å². The van der Waals surface area contributed by atoms with E-state index in [2.05, 4.69) is 37.1 Å². The first-order chi connectivity index (χ1) is 12.5. The molecule has 8 heteroatoms. The Labute approximate surface area is 188 Å². The molecule has 0 aromatic heterocycles. The van der Waals surface area contributed by atoms with Crippen molar-refractivity contribution in [3.05, 3.63) is 48.5 Å². The molecule has 0 atom stereocenters. The van der Waals surface area contributed by atoms with Crippen LogP contribution < -0.4 is 9.80 Å². The van der Waals surface area contributed by atoms with E-state index in [4.69, 9.17) is 25.3 Å². The minimum Gasteiger partial charge on any atom is -0.800 e. The summed E-state index contributed by atoms with van der Waals surface area (Å²) in [5, 5.41) is 8.64. The largest absolute Gasteiger partial charge is 0.800 e. The standard InChI is InChI=1S/C19H25N5S2.Au/c1-22(2)17-7-3-15(4-8-17)20-21-16-5-9-18(10-6-16)23-11-13-24(14-12-23)19(25)26;/h3-10,19,25-26H,11-14H2,1-2H3;/p-2. The summed E-state index contributed by atoms with van der Waals surface area (Å²) < 4.78 is -0.202. The predicted molar refractivity (Wildman–Crippen MR) is 114 cm³/mol. The number of piperazine rings is 1. The van der Waals surface area contributed by atoms with Gasteiger partial charge in [-0.15, -0.1) is 0 Å². The molecule has 0 aliphatic carbocycles. The van der Waals surface area contributed by atoms with Crippen LogP contribution in [0.25, 0.3) is 0 Å². The van der Waals surface area contributed by atoms with Crippen LogP contribution in [0.2, 0.25) is 0 Å². The van der Waals surface area contributed by atoms with Gasteiger partial charge < -0.3 is 40.0 Å². The number of hydrogen-bond donors (Lipinski definition) is 0. The van der Waals surface area contributed by atoms with Crippen LogP contribution in [0.1, 0.15) is 0 Å². The molecular formula is C19H23AuN5S2-2. The van der Waals surface area contributed by atoms with Crippen molar-refractivity contribution in [2.45, 2.75) is 4.71 Å². The van der Waals surface area contributed by atoms with Crippen molar-refractivity contribution in [2.24, 2.45) is 10.2 Å². The van der Waals surface area contributed by atoms with Crippen LogP contribution in [0, 0.1) is 0 Å². The van der Waals surface area contributed by atoms with Crippen molar-refractivity contribution >= 4 is 48.0 Å². The molecule has 1 saturated heterocycles. The fourth-order valence-corrected chi connectivity index (χ4v) is 3.28. The summed E-state index contributed by atoms with van der Waals surface area (Å²) in [4.78, 5) is 6.57. The van der Waals surface area contributed by atoms with Gasteiger partial charge >= 0.3 is 0 Å². The minimum atomic E-state index is -0.202. The molecule has 27 heavy (non-hydrogen) atoms. The molecule has 1 heterocycles. The van der Waals surface area contributed by atoms with Crippen molar-refractivity contribution in [1.82, 2.24) is 4.90 Å². The van der Waals surface area contributed by atoms with E-state index in [-0.39, 0.29) is 27.1 Å². The zero-order valence-electron chi connectivity index (χ0n) is 15.4. The van der Waals surface area contributed by atoms with Crippen molar-refractivity contribution in [2.75, 3.05) is 50.1 Å². The molecule has 5 nitrogen and oxygen atoms in total. The molecule has 2 aromatic carbocycles. The molecule has 1 aliphatic heterocycles. The Bertz CT molecular complexity index is 727. The van der Waals surface area contributed by atoms with E-state index in [0.29, 0.717) is 0 Å². The number of anilines is 2. The van der Waals surface area contributed by atoms with Crippen LogP contribution in [0.15, 0.2) is 58.8 Å². The zero-order valence-corrected chi connectivity index (χ0v) is 19.2. The SMILES string of the molecule is CN(C)c1ccc(N=Nc2ccc(N3CCN(C([S-])[S-])CC3)cc2)cc1.[Au]. The summed E-state index contributed by atoms with van der Waals surface area (Å²) in [6.07, 6.45) is 0. The van der Waals surface area contributed by atoms with Gasteiger partial charge in [-0.05, 0) is 48.5 Å². The van der Waals surface area contributed by atoms with Crippen LogP contribution >= 0.6 is 0 Å². The minimum absolute atomic E-state index is 0. The van der Waals surface area contributed by atoms with Crippen LogP contribution in [-0.2, 0) is 47.6 Å². The number of benzene rings is 2. The molecule has 1 aliphatic rings. The molecular weight excluding hydrogens is 559 g/mol. The molecule has 0 N–H and O–H groups in total. The molecule has 0 unspecified atom stereocenters. The first-order valence-corrected chi connectivity index (χ1v) is 9.57. The van der Waals surface area contributed by atoms with Crippen molar-refractivity contribution < 1.29 is 22.4 Å². The molecule has 0 saturated carbocycles. The Hall–Kier alpha value is -0.960. The maximum absolute atomic E-state index is 5.16. The quantitative estimate of drug-likeness (QED) is 0.306. The third kappa shape index (κ3) is 6.27. The van der Waals surface area contributed by atoms with Crippen molar-refractivity contribution in [3.8, 4) is 0 Å². The number of hydrogen-bond acceptors (Lipinski definition) is 7. The molecule has 1 fully saturated rings. The Balaban J connectivity index is 0.00000261. The maximum Gasteiger partial charge on any atom is 0.0858 e. The molecule has 149 valence electrons. The van der Waals surface area contributed by atoms with Gasteiger partial charge in [-0.25, -0.2) is 4.71 Å². The van der Waals surface area contributed by atoms with E-state index in [1.54, 1.807) is 0 Å². The Morgan fingerprint density at radius 1 is 0.815 bits per heavy atom. The molecule has 3 rings (SSSR count). The molecule has 0 amide bonds. The smallest absolute Gasteiger partial charge is 0.0858 e. The third-order valence-corrected chi connectivity index (χ3v) is 5.07. The average Bonchev–Trinajstić information content (AvgIpc) is 2.67. The normalized spacial score (nSPS) is 15.2. The first-order valence-electron chi connectivity index (χ1n) is 8.63. The Morgan fingerprint density at radius 3 is 1.74 bits per heavy atom. The Morgan fingerprint density at radius 2 is 1.30 bits per heavy atom. The van der Waals surface area contributed by atoms with Crippen molar-refractivity contribution in [3.63, 3.8) is 0 Å². The fraction of sp³-hybridized carbons (Fsp3) is 0.368. The third-order valence-electron chi connectivity index (χ3n) is 4.47. The van der Waals surface area contributed by atoms with E-state index in [9.17, 15) is 0 Å². The van der Waals surface area contributed by atoms with Gasteiger partial charge in [0.15, 0.2) is 0 Å². The van der Waals surface area contributed by atoms with Crippen LogP contribution in [0.3, 0.4) is 0 Å². The summed E-state index contributed by atoms with van der Waals surface area (Å²) in [6, 6.07) is 16.2.